The minimum atomic E-state index is -0.652. The highest BCUT2D eigenvalue weighted by molar-refractivity contribution is 5.34. The Balaban J connectivity index is 2.45. The van der Waals surface area contributed by atoms with E-state index in [-0.39, 0.29) is 5.65 Å². The van der Waals surface area contributed by atoms with E-state index in [0.717, 1.165) is 4.57 Å². The SMILES string of the molecule is O=c1nc2cnccn2c(=O)n1-c1cccnc1. The zero-order chi connectivity index (χ0) is 12.5. The molecular weight excluding hydrogens is 234 g/mol. The summed E-state index contributed by atoms with van der Waals surface area (Å²) in [4.78, 5) is 35.5. The average Bonchev–Trinajstić information content (AvgIpc) is 2.40. The molecule has 0 aliphatic rings. The van der Waals surface area contributed by atoms with E-state index >= 15 is 0 Å². The van der Waals surface area contributed by atoms with Gasteiger partial charge in [-0.2, -0.15) is 4.98 Å². The molecule has 0 unspecified atom stereocenters. The average molecular weight is 241 g/mol. The summed E-state index contributed by atoms with van der Waals surface area (Å²) in [5.74, 6) is 0. The molecule has 7 nitrogen and oxygen atoms in total. The lowest BCUT2D eigenvalue weighted by atomic mass is 10.4. The molecule has 0 aromatic carbocycles. The lowest BCUT2D eigenvalue weighted by Gasteiger charge is -2.04. The Morgan fingerprint density at radius 3 is 2.67 bits per heavy atom. The molecule has 0 saturated heterocycles. The molecular formula is C11H7N5O2. The van der Waals surface area contributed by atoms with Crippen molar-refractivity contribution < 1.29 is 0 Å². The van der Waals surface area contributed by atoms with Crippen LogP contribution in [0.25, 0.3) is 11.3 Å². The quantitative estimate of drug-likeness (QED) is 0.580. The Morgan fingerprint density at radius 2 is 1.89 bits per heavy atom. The minimum absolute atomic E-state index is 0.215. The third-order valence-corrected chi connectivity index (χ3v) is 2.44. The Bertz CT molecular complexity index is 822. The zero-order valence-corrected chi connectivity index (χ0v) is 9.09. The van der Waals surface area contributed by atoms with Gasteiger partial charge in [-0.25, -0.2) is 18.6 Å². The highest BCUT2D eigenvalue weighted by atomic mass is 16.2. The van der Waals surface area contributed by atoms with Crippen LogP contribution in [0, 0.1) is 0 Å². The van der Waals surface area contributed by atoms with Crippen molar-refractivity contribution in [3.05, 3.63) is 64.1 Å². The van der Waals surface area contributed by atoms with Gasteiger partial charge in [0.15, 0.2) is 5.65 Å². The molecule has 0 amide bonds. The molecule has 0 aliphatic carbocycles. The largest absolute Gasteiger partial charge is 0.358 e. The zero-order valence-electron chi connectivity index (χ0n) is 9.09. The monoisotopic (exact) mass is 241 g/mol. The van der Waals surface area contributed by atoms with Gasteiger partial charge in [0.05, 0.1) is 18.1 Å². The summed E-state index contributed by atoms with van der Waals surface area (Å²) >= 11 is 0. The van der Waals surface area contributed by atoms with Gasteiger partial charge in [0.25, 0.3) is 0 Å². The van der Waals surface area contributed by atoms with E-state index < -0.39 is 11.4 Å². The van der Waals surface area contributed by atoms with Gasteiger partial charge in [0.1, 0.15) is 0 Å². The van der Waals surface area contributed by atoms with E-state index in [1.54, 1.807) is 18.3 Å². The molecule has 0 fully saturated rings. The van der Waals surface area contributed by atoms with Gasteiger partial charge in [-0.05, 0) is 12.1 Å². The van der Waals surface area contributed by atoms with Crippen LogP contribution in [0.15, 0.2) is 52.7 Å². The number of nitrogens with zero attached hydrogens (tertiary/aromatic N) is 5. The smallest absolute Gasteiger partial charge is 0.263 e. The van der Waals surface area contributed by atoms with E-state index in [4.69, 9.17) is 0 Å². The molecule has 3 aromatic rings. The van der Waals surface area contributed by atoms with Crippen LogP contribution in [-0.4, -0.2) is 23.9 Å². The molecule has 7 heteroatoms. The maximum absolute atomic E-state index is 12.2. The fraction of sp³-hybridized carbons (Fsp3) is 0. The van der Waals surface area contributed by atoms with E-state index in [9.17, 15) is 9.59 Å². The van der Waals surface area contributed by atoms with Gasteiger partial charge in [0.2, 0.25) is 0 Å². The number of pyridine rings is 1. The lowest BCUT2D eigenvalue weighted by molar-refractivity contribution is 0.787. The van der Waals surface area contributed by atoms with Gasteiger partial charge in [0, 0.05) is 18.6 Å². The Morgan fingerprint density at radius 1 is 1.06 bits per heavy atom. The molecule has 0 bridgehead atoms. The summed E-state index contributed by atoms with van der Waals surface area (Å²) in [6.07, 6.45) is 7.25. The standard InChI is InChI=1S/C11H7N5O2/c17-10-14-9-7-13-4-5-15(9)11(18)16(10)8-2-1-3-12-6-8/h1-7H. The van der Waals surface area contributed by atoms with E-state index in [0.29, 0.717) is 5.69 Å². The minimum Gasteiger partial charge on any atom is -0.263 e. The summed E-state index contributed by atoms with van der Waals surface area (Å²) in [6, 6.07) is 3.26. The van der Waals surface area contributed by atoms with Crippen LogP contribution in [0.4, 0.5) is 0 Å². The first-order chi connectivity index (χ1) is 8.77. The molecule has 0 aliphatic heterocycles. The predicted octanol–water partition coefficient (Wildman–Crippen LogP) is -0.365. The van der Waals surface area contributed by atoms with Crippen molar-refractivity contribution >= 4 is 5.65 Å². The van der Waals surface area contributed by atoms with E-state index in [2.05, 4.69) is 15.0 Å². The Labute approximate surface area is 100 Å². The second kappa shape index (κ2) is 3.88. The number of fused-ring (bicyclic) bond motifs is 1. The molecule has 0 radical (unpaired) electrons. The number of rotatable bonds is 1. The molecule has 3 rings (SSSR count). The summed E-state index contributed by atoms with van der Waals surface area (Å²) in [5, 5.41) is 0. The topological polar surface area (TPSA) is 82.2 Å². The maximum atomic E-state index is 12.2. The summed E-state index contributed by atoms with van der Waals surface area (Å²) < 4.78 is 2.21. The Kier molecular flexibility index (Phi) is 2.23. The Hall–Kier alpha value is -2.83. The van der Waals surface area contributed by atoms with E-state index in [1.165, 1.54) is 29.2 Å². The summed E-state index contributed by atoms with van der Waals surface area (Å²) in [5.41, 5.74) is -0.555. The van der Waals surface area contributed by atoms with Gasteiger partial charge in [-0.3, -0.25) is 9.97 Å². The van der Waals surface area contributed by atoms with Crippen molar-refractivity contribution in [2.45, 2.75) is 0 Å². The highest BCUT2D eigenvalue weighted by Gasteiger charge is 2.08. The molecule has 0 N–H and O–H groups in total. The first-order valence-electron chi connectivity index (χ1n) is 5.13. The fourth-order valence-electron chi connectivity index (χ4n) is 1.64. The van der Waals surface area contributed by atoms with Gasteiger partial charge in [-0.15, -0.1) is 0 Å². The van der Waals surface area contributed by atoms with Crippen molar-refractivity contribution in [3.8, 4) is 5.69 Å². The fourth-order valence-corrected chi connectivity index (χ4v) is 1.64. The third-order valence-electron chi connectivity index (χ3n) is 2.44. The van der Waals surface area contributed by atoms with Crippen molar-refractivity contribution in [2.75, 3.05) is 0 Å². The molecule has 18 heavy (non-hydrogen) atoms. The van der Waals surface area contributed by atoms with Crippen molar-refractivity contribution in [1.29, 1.82) is 0 Å². The molecule has 0 atom stereocenters. The van der Waals surface area contributed by atoms with Crippen LogP contribution in [0.3, 0.4) is 0 Å². The first kappa shape index (κ1) is 10.3. The van der Waals surface area contributed by atoms with E-state index in [1.807, 2.05) is 0 Å². The van der Waals surface area contributed by atoms with Crippen molar-refractivity contribution in [3.63, 3.8) is 0 Å². The van der Waals surface area contributed by atoms with Gasteiger partial charge in [-0.1, -0.05) is 0 Å². The van der Waals surface area contributed by atoms with Crippen LogP contribution in [0.1, 0.15) is 0 Å². The number of hydrogen-bond acceptors (Lipinski definition) is 5. The van der Waals surface area contributed by atoms with Gasteiger partial charge >= 0.3 is 11.4 Å². The molecule has 0 saturated carbocycles. The van der Waals surface area contributed by atoms with Crippen LogP contribution >= 0.6 is 0 Å². The number of hydrogen-bond donors (Lipinski definition) is 0. The predicted molar refractivity (Wildman–Crippen MR) is 62.6 cm³/mol. The second-order valence-electron chi connectivity index (χ2n) is 3.53. The first-order valence-corrected chi connectivity index (χ1v) is 5.13. The maximum Gasteiger partial charge on any atom is 0.358 e. The molecule has 3 aromatic heterocycles. The summed E-state index contributed by atoms with van der Waals surface area (Å²) in [6.45, 7) is 0. The second-order valence-corrected chi connectivity index (χ2v) is 3.53. The van der Waals surface area contributed by atoms with Crippen LogP contribution in [-0.2, 0) is 0 Å². The third kappa shape index (κ3) is 1.49. The highest BCUT2D eigenvalue weighted by Crippen LogP contribution is 1.98. The lowest BCUT2D eigenvalue weighted by Crippen LogP contribution is -2.38. The van der Waals surface area contributed by atoms with Crippen LogP contribution in [0.5, 0.6) is 0 Å². The molecule has 88 valence electrons. The van der Waals surface area contributed by atoms with Crippen LogP contribution < -0.4 is 11.4 Å². The summed E-state index contributed by atoms with van der Waals surface area (Å²) in [7, 11) is 0. The normalized spacial score (nSPS) is 10.7. The van der Waals surface area contributed by atoms with Crippen LogP contribution in [0.2, 0.25) is 0 Å². The molecule has 3 heterocycles. The van der Waals surface area contributed by atoms with Crippen molar-refractivity contribution in [1.82, 2.24) is 23.9 Å². The van der Waals surface area contributed by atoms with Gasteiger partial charge < -0.3 is 0 Å². The number of aromatic nitrogens is 5. The molecule has 0 spiro atoms. The van der Waals surface area contributed by atoms with Crippen molar-refractivity contribution in [2.24, 2.45) is 0 Å².